The van der Waals surface area contributed by atoms with E-state index in [1.807, 2.05) is 18.4 Å². The first-order valence-electron chi connectivity index (χ1n) is 6.49. The standard InChI is InChI=1S/C14H14N2O3S2/c1-20-8-13-15-16-14(19-13)21-7-11(17)9-2-3-12-10(6-9)4-5-18-12/h2-3,6H,4-5,7-8H2,1H3. The summed E-state index contributed by atoms with van der Waals surface area (Å²) in [5.74, 6) is 2.51. The third-order valence-corrected chi connectivity index (χ3v) is 4.41. The predicted octanol–water partition coefficient (Wildman–Crippen LogP) is 2.84. The molecule has 0 fully saturated rings. The molecule has 7 heteroatoms. The van der Waals surface area contributed by atoms with Crippen LogP contribution < -0.4 is 4.74 Å². The Morgan fingerprint density at radius 3 is 3.14 bits per heavy atom. The zero-order valence-corrected chi connectivity index (χ0v) is 13.1. The molecule has 21 heavy (non-hydrogen) atoms. The van der Waals surface area contributed by atoms with Crippen LogP contribution in [0.4, 0.5) is 0 Å². The number of fused-ring (bicyclic) bond motifs is 1. The monoisotopic (exact) mass is 322 g/mol. The van der Waals surface area contributed by atoms with E-state index >= 15 is 0 Å². The van der Waals surface area contributed by atoms with Crippen molar-refractivity contribution in [1.82, 2.24) is 10.2 Å². The highest BCUT2D eigenvalue weighted by molar-refractivity contribution is 7.99. The number of Topliss-reactive ketones (excluding diaryl/α,β-unsaturated/α-hetero) is 1. The lowest BCUT2D eigenvalue weighted by Crippen LogP contribution is -2.02. The molecule has 0 atom stereocenters. The van der Waals surface area contributed by atoms with E-state index in [0.717, 1.165) is 17.7 Å². The minimum Gasteiger partial charge on any atom is -0.493 e. The van der Waals surface area contributed by atoms with Crippen molar-refractivity contribution in [3.05, 3.63) is 35.2 Å². The van der Waals surface area contributed by atoms with Crippen molar-refractivity contribution in [1.29, 1.82) is 0 Å². The second-order valence-corrected chi connectivity index (χ2v) is 6.32. The third-order valence-electron chi connectivity index (χ3n) is 3.05. The average molecular weight is 322 g/mol. The molecular weight excluding hydrogens is 308 g/mol. The van der Waals surface area contributed by atoms with E-state index in [0.29, 0.717) is 34.8 Å². The number of hydrogen-bond acceptors (Lipinski definition) is 7. The Kier molecular flexibility index (Phi) is 4.50. The Morgan fingerprint density at radius 2 is 2.29 bits per heavy atom. The van der Waals surface area contributed by atoms with Crippen LogP contribution in [0.25, 0.3) is 0 Å². The van der Waals surface area contributed by atoms with Gasteiger partial charge in [-0.1, -0.05) is 11.8 Å². The summed E-state index contributed by atoms with van der Waals surface area (Å²) < 4.78 is 10.9. The second kappa shape index (κ2) is 6.53. The number of rotatable bonds is 6. The molecule has 0 amide bonds. The summed E-state index contributed by atoms with van der Waals surface area (Å²) in [5.41, 5.74) is 1.81. The van der Waals surface area contributed by atoms with Crippen LogP contribution in [0, 0.1) is 0 Å². The normalized spacial score (nSPS) is 13.0. The summed E-state index contributed by atoms with van der Waals surface area (Å²) in [6.07, 6.45) is 2.84. The number of nitrogens with zero attached hydrogens (tertiary/aromatic N) is 2. The summed E-state index contributed by atoms with van der Waals surface area (Å²) in [5, 5.41) is 8.28. The smallest absolute Gasteiger partial charge is 0.277 e. The second-order valence-electron chi connectivity index (χ2n) is 4.53. The fourth-order valence-electron chi connectivity index (χ4n) is 2.05. The molecule has 3 rings (SSSR count). The topological polar surface area (TPSA) is 65.2 Å². The number of carbonyl (C=O) groups is 1. The molecule has 0 saturated carbocycles. The third kappa shape index (κ3) is 3.41. The maximum absolute atomic E-state index is 12.2. The molecule has 1 aliphatic heterocycles. The van der Waals surface area contributed by atoms with Gasteiger partial charge in [0.2, 0.25) is 5.89 Å². The zero-order chi connectivity index (χ0) is 14.7. The lowest BCUT2D eigenvalue weighted by atomic mass is 10.1. The van der Waals surface area contributed by atoms with Crippen LogP contribution in [0.3, 0.4) is 0 Å². The fourth-order valence-corrected chi connectivity index (χ4v) is 3.09. The van der Waals surface area contributed by atoms with Gasteiger partial charge in [-0.15, -0.1) is 10.2 Å². The Balaban J connectivity index is 1.60. The maximum atomic E-state index is 12.2. The van der Waals surface area contributed by atoms with Gasteiger partial charge in [0, 0.05) is 12.0 Å². The van der Waals surface area contributed by atoms with Gasteiger partial charge in [0.1, 0.15) is 5.75 Å². The molecule has 0 bridgehead atoms. The highest BCUT2D eigenvalue weighted by Gasteiger charge is 2.16. The quantitative estimate of drug-likeness (QED) is 0.598. The Morgan fingerprint density at radius 1 is 1.38 bits per heavy atom. The van der Waals surface area contributed by atoms with E-state index in [9.17, 15) is 4.79 Å². The molecule has 2 aromatic rings. The van der Waals surface area contributed by atoms with Gasteiger partial charge in [0.25, 0.3) is 5.22 Å². The van der Waals surface area contributed by atoms with E-state index < -0.39 is 0 Å². The van der Waals surface area contributed by atoms with Gasteiger partial charge in [-0.25, -0.2) is 0 Å². The van der Waals surface area contributed by atoms with Crippen LogP contribution in [0.1, 0.15) is 21.8 Å². The van der Waals surface area contributed by atoms with Crippen molar-refractivity contribution in [3.8, 4) is 5.75 Å². The molecule has 2 heterocycles. The zero-order valence-electron chi connectivity index (χ0n) is 11.5. The molecule has 1 aliphatic rings. The van der Waals surface area contributed by atoms with Crippen LogP contribution in [-0.4, -0.2) is 34.6 Å². The van der Waals surface area contributed by atoms with Crippen molar-refractivity contribution >= 4 is 29.3 Å². The Hall–Kier alpha value is -1.47. The summed E-state index contributed by atoms with van der Waals surface area (Å²) in [6.45, 7) is 0.696. The molecule has 5 nitrogen and oxygen atoms in total. The van der Waals surface area contributed by atoms with Crippen molar-refractivity contribution in [2.24, 2.45) is 0 Å². The summed E-state index contributed by atoms with van der Waals surface area (Å²) in [6, 6.07) is 5.59. The van der Waals surface area contributed by atoms with Crippen LogP contribution in [0.15, 0.2) is 27.8 Å². The van der Waals surface area contributed by atoms with E-state index in [1.54, 1.807) is 17.8 Å². The molecule has 1 aromatic carbocycles. The maximum Gasteiger partial charge on any atom is 0.277 e. The van der Waals surface area contributed by atoms with Gasteiger partial charge >= 0.3 is 0 Å². The highest BCUT2D eigenvalue weighted by Crippen LogP contribution is 2.27. The van der Waals surface area contributed by atoms with E-state index in [-0.39, 0.29) is 5.78 Å². The SMILES string of the molecule is CSCc1nnc(SCC(=O)c2ccc3c(c2)CCO3)o1. The van der Waals surface area contributed by atoms with E-state index in [1.165, 1.54) is 11.8 Å². The average Bonchev–Trinajstić information content (AvgIpc) is 3.13. The fraction of sp³-hybridized carbons (Fsp3) is 0.357. The highest BCUT2D eigenvalue weighted by atomic mass is 32.2. The van der Waals surface area contributed by atoms with Gasteiger partial charge in [-0.3, -0.25) is 4.79 Å². The summed E-state index contributed by atoms with van der Waals surface area (Å²) >= 11 is 2.89. The van der Waals surface area contributed by atoms with Crippen molar-refractivity contribution < 1.29 is 13.9 Å². The lowest BCUT2D eigenvalue weighted by Gasteiger charge is -2.02. The van der Waals surface area contributed by atoms with Crippen LogP contribution in [0.5, 0.6) is 5.75 Å². The molecule has 0 aliphatic carbocycles. The summed E-state index contributed by atoms with van der Waals surface area (Å²) in [4.78, 5) is 12.2. The van der Waals surface area contributed by atoms with Gasteiger partial charge < -0.3 is 9.15 Å². The van der Waals surface area contributed by atoms with E-state index in [2.05, 4.69) is 10.2 Å². The van der Waals surface area contributed by atoms with Crippen LogP contribution in [0.2, 0.25) is 0 Å². The van der Waals surface area contributed by atoms with Crippen LogP contribution in [-0.2, 0) is 12.2 Å². The Bertz CT molecular complexity index is 657. The molecule has 1 aromatic heterocycles. The number of ether oxygens (including phenoxy) is 1. The first-order valence-corrected chi connectivity index (χ1v) is 8.87. The minimum absolute atomic E-state index is 0.0549. The number of hydrogen-bond donors (Lipinski definition) is 0. The molecule has 0 unspecified atom stereocenters. The lowest BCUT2D eigenvalue weighted by molar-refractivity contribution is 0.102. The van der Waals surface area contributed by atoms with Crippen molar-refractivity contribution in [3.63, 3.8) is 0 Å². The molecule has 0 saturated heterocycles. The van der Waals surface area contributed by atoms with Gasteiger partial charge in [0.15, 0.2) is 5.78 Å². The van der Waals surface area contributed by atoms with Crippen LogP contribution >= 0.6 is 23.5 Å². The molecule has 0 N–H and O–H groups in total. The Labute approximate surface area is 130 Å². The molecule has 110 valence electrons. The first kappa shape index (κ1) is 14.5. The summed E-state index contributed by atoms with van der Waals surface area (Å²) in [7, 11) is 0. The number of carbonyl (C=O) groups excluding carboxylic acids is 1. The van der Waals surface area contributed by atoms with Gasteiger partial charge in [-0.05, 0) is 30.0 Å². The number of aromatic nitrogens is 2. The van der Waals surface area contributed by atoms with Gasteiger partial charge in [-0.2, -0.15) is 11.8 Å². The van der Waals surface area contributed by atoms with Gasteiger partial charge in [0.05, 0.1) is 18.1 Å². The number of thioether (sulfide) groups is 2. The van der Waals surface area contributed by atoms with E-state index in [4.69, 9.17) is 9.15 Å². The first-order chi connectivity index (χ1) is 10.3. The predicted molar refractivity (Wildman–Crippen MR) is 82.2 cm³/mol. The molecule has 0 spiro atoms. The van der Waals surface area contributed by atoms with Crippen molar-refractivity contribution in [2.45, 2.75) is 17.4 Å². The number of benzene rings is 1. The minimum atomic E-state index is 0.0549. The molecule has 0 radical (unpaired) electrons. The largest absolute Gasteiger partial charge is 0.493 e. The molecular formula is C14H14N2O3S2. The van der Waals surface area contributed by atoms with Crippen molar-refractivity contribution in [2.75, 3.05) is 18.6 Å². The number of ketones is 1.